The predicted molar refractivity (Wildman–Crippen MR) is 212 cm³/mol. The molecule has 0 aromatic heterocycles. The summed E-state index contributed by atoms with van der Waals surface area (Å²) in [4.78, 5) is 12.3. The van der Waals surface area contributed by atoms with Crippen molar-refractivity contribution < 1.29 is 18.8 Å². The molecule has 4 fully saturated rings. The van der Waals surface area contributed by atoms with E-state index in [0.29, 0.717) is 40.8 Å². The average Bonchev–Trinajstić information content (AvgIpc) is 3.51. The van der Waals surface area contributed by atoms with Crippen LogP contribution in [0, 0.1) is 46.3 Å². The number of carbonyl (C=O) groups is 1. The number of ketones is 1. The van der Waals surface area contributed by atoms with Crippen molar-refractivity contribution in [2.45, 2.75) is 198 Å². The third-order valence-electron chi connectivity index (χ3n) is 13.2. The summed E-state index contributed by atoms with van der Waals surface area (Å²) in [5, 5.41) is 10.4. The van der Waals surface area contributed by atoms with Crippen LogP contribution in [0.4, 0.5) is 0 Å². The van der Waals surface area contributed by atoms with Gasteiger partial charge in [0.1, 0.15) is 5.78 Å². The average molecular weight is 699 g/mol. The molecule has 0 radical (unpaired) electrons. The second-order valence-electron chi connectivity index (χ2n) is 17.6. The Kier molecular flexibility index (Phi) is 20.1. The van der Waals surface area contributed by atoms with Gasteiger partial charge in [-0.05, 0) is 130 Å². The van der Waals surface area contributed by atoms with E-state index < -0.39 is 16.6 Å². The zero-order valence-corrected chi connectivity index (χ0v) is 32.9. The molecule has 47 heavy (non-hydrogen) atoms. The van der Waals surface area contributed by atoms with Gasteiger partial charge in [0.25, 0.3) is 0 Å². The van der Waals surface area contributed by atoms with E-state index in [0.717, 1.165) is 44.8 Å². The molecule has 0 amide bonds. The van der Waals surface area contributed by atoms with Gasteiger partial charge in [-0.15, -0.1) is 0 Å². The lowest BCUT2D eigenvalue weighted by Gasteiger charge is -2.45. The third kappa shape index (κ3) is 12.0. The molecule has 4 aliphatic carbocycles. The van der Waals surface area contributed by atoms with Gasteiger partial charge in [0.2, 0.25) is 0 Å². The molecular weight excluding hydrogens is 613 g/mol. The monoisotopic (exact) mass is 699 g/mol. The molecule has 4 nitrogen and oxygen atoms in total. The van der Waals surface area contributed by atoms with Crippen LogP contribution < -0.4 is 0 Å². The lowest BCUT2D eigenvalue weighted by Crippen LogP contribution is -2.43. The Morgan fingerprint density at radius 1 is 0.745 bits per heavy atom. The fourth-order valence-corrected chi connectivity index (χ4v) is 14.5. The highest BCUT2D eigenvalue weighted by atomic mass is 28.4. The number of rotatable bonds is 14. The molecule has 4 saturated carbocycles. The van der Waals surface area contributed by atoms with Gasteiger partial charge in [-0.1, -0.05) is 95.9 Å². The van der Waals surface area contributed by atoms with Crippen molar-refractivity contribution in [3.63, 3.8) is 0 Å². The summed E-state index contributed by atoms with van der Waals surface area (Å²) in [6.45, 7) is 25.4. The summed E-state index contributed by atoms with van der Waals surface area (Å²) >= 11 is 0. The topological polar surface area (TPSA) is 55.8 Å². The Bertz CT molecular complexity index is 893. The molecule has 6 heteroatoms. The molecule has 3 unspecified atom stereocenters. The molecule has 0 bridgehead atoms. The van der Waals surface area contributed by atoms with Gasteiger partial charge >= 0.3 is 0 Å². The number of fused-ring (bicyclic) bond motifs is 2. The molecule has 282 valence electrons. The SMILES string of the molecule is C.C.C.CCCC[Si](C)(C)OC[C@@H](C)[C@H]1CCC2C(=O)CCC[C@@]21C.CCCC[Si](C)(C)OC[C@@H](C)[C@H]1CCC2C(O)CCC[C@@]21C. The Labute approximate surface area is 298 Å². The normalized spacial score (nSPS) is 33.2. The second kappa shape index (κ2) is 20.1. The Morgan fingerprint density at radius 2 is 1.21 bits per heavy atom. The van der Waals surface area contributed by atoms with Crippen LogP contribution in [0.3, 0.4) is 0 Å². The maximum atomic E-state index is 12.3. The fourth-order valence-electron chi connectivity index (χ4n) is 10.3. The van der Waals surface area contributed by atoms with E-state index in [1.807, 2.05) is 0 Å². The van der Waals surface area contributed by atoms with E-state index in [4.69, 9.17) is 8.85 Å². The predicted octanol–water partition coefficient (Wildman–Crippen LogP) is 12.6. The first-order valence-corrected chi connectivity index (χ1v) is 25.3. The van der Waals surface area contributed by atoms with Crippen LogP contribution in [0.2, 0.25) is 38.3 Å². The minimum Gasteiger partial charge on any atom is -0.417 e. The highest BCUT2D eigenvalue weighted by Gasteiger charge is 2.53. The van der Waals surface area contributed by atoms with Crippen molar-refractivity contribution in [2.75, 3.05) is 13.2 Å². The molecule has 4 aliphatic rings. The number of unbranched alkanes of at least 4 members (excludes halogenated alkanes) is 2. The van der Waals surface area contributed by atoms with Crippen molar-refractivity contribution in [3.05, 3.63) is 0 Å². The molecule has 0 aliphatic heterocycles. The first-order chi connectivity index (χ1) is 20.6. The highest BCUT2D eigenvalue weighted by Crippen LogP contribution is 2.58. The number of aliphatic hydroxyl groups excluding tert-OH is 1. The van der Waals surface area contributed by atoms with Crippen molar-refractivity contribution in [1.29, 1.82) is 0 Å². The van der Waals surface area contributed by atoms with Crippen molar-refractivity contribution >= 4 is 22.4 Å². The van der Waals surface area contributed by atoms with Crippen LogP contribution >= 0.6 is 0 Å². The van der Waals surface area contributed by atoms with Crippen LogP contribution in [-0.4, -0.2) is 46.8 Å². The Morgan fingerprint density at radius 3 is 1.72 bits per heavy atom. The summed E-state index contributed by atoms with van der Waals surface area (Å²) in [6, 6.07) is 2.57. The van der Waals surface area contributed by atoms with E-state index in [1.54, 1.807) is 0 Å². The summed E-state index contributed by atoms with van der Waals surface area (Å²) in [5.74, 6) is 4.07. The Hall–Kier alpha value is -0.0162. The van der Waals surface area contributed by atoms with E-state index in [9.17, 15) is 9.90 Å². The summed E-state index contributed by atoms with van der Waals surface area (Å²) in [5.41, 5.74) is 0.614. The van der Waals surface area contributed by atoms with Crippen LogP contribution in [0.5, 0.6) is 0 Å². The van der Waals surface area contributed by atoms with Gasteiger partial charge in [-0.2, -0.15) is 0 Å². The smallest absolute Gasteiger partial charge is 0.186 e. The Balaban J connectivity index is 0.000000846. The van der Waals surface area contributed by atoms with Gasteiger partial charge in [0, 0.05) is 25.6 Å². The molecule has 0 aromatic carbocycles. The minimum atomic E-state index is -1.49. The molecule has 0 saturated heterocycles. The van der Waals surface area contributed by atoms with E-state index in [-0.39, 0.29) is 33.8 Å². The maximum Gasteiger partial charge on any atom is 0.186 e. The fraction of sp³-hybridized carbons (Fsp3) is 0.976. The number of Topliss-reactive ketones (excluding diaryl/α,β-unsaturated/α-hetero) is 1. The molecular formula is C41H86O4Si2. The molecule has 4 rings (SSSR count). The van der Waals surface area contributed by atoms with E-state index in [1.165, 1.54) is 76.3 Å². The summed E-state index contributed by atoms with van der Waals surface area (Å²) < 4.78 is 12.8. The van der Waals surface area contributed by atoms with E-state index >= 15 is 0 Å². The first-order valence-electron chi connectivity index (χ1n) is 19.1. The minimum absolute atomic E-state index is 0. The van der Waals surface area contributed by atoms with Crippen LogP contribution in [-0.2, 0) is 13.6 Å². The lowest BCUT2D eigenvalue weighted by molar-refractivity contribution is -0.130. The largest absolute Gasteiger partial charge is 0.417 e. The van der Waals surface area contributed by atoms with Gasteiger partial charge in [0.05, 0.1) is 6.10 Å². The second-order valence-corrected chi connectivity index (χ2v) is 26.2. The van der Waals surface area contributed by atoms with Gasteiger partial charge < -0.3 is 14.0 Å². The zero-order valence-electron chi connectivity index (χ0n) is 30.9. The number of carbonyl (C=O) groups excluding carboxylic acids is 1. The lowest BCUT2D eigenvalue weighted by atomic mass is 9.62. The number of hydrogen-bond acceptors (Lipinski definition) is 4. The molecule has 0 spiro atoms. The van der Waals surface area contributed by atoms with Crippen molar-refractivity contribution in [2.24, 2.45) is 46.3 Å². The van der Waals surface area contributed by atoms with Gasteiger partial charge in [0.15, 0.2) is 16.6 Å². The van der Waals surface area contributed by atoms with Crippen molar-refractivity contribution in [1.82, 2.24) is 0 Å². The quantitative estimate of drug-likeness (QED) is 0.183. The highest BCUT2D eigenvalue weighted by molar-refractivity contribution is 6.71. The summed E-state index contributed by atoms with van der Waals surface area (Å²) in [7, 11) is -2.96. The molecule has 0 aromatic rings. The number of aliphatic hydroxyl groups is 1. The van der Waals surface area contributed by atoms with Crippen LogP contribution in [0.25, 0.3) is 0 Å². The third-order valence-corrected chi connectivity index (χ3v) is 18.2. The van der Waals surface area contributed by atoms with E-state index in [2.05, 4.69) is 67.7 Å². The maximum absolute atomic E-state index is 12.3. The van der Waals surface area contributed by atoms with Crippen LogP contribution in [0.15, 0.2) is 0 Å². The zero-order chi connectivity index (χ0) is 32.8. The van der Waals surface area contributed by atoms with Gasteiger partial charge in [-0.25, -0.2) is 0 Å². The van der Waals surface area contributed by atoms with Crippen molar-refractivity contribution in [3.8, 4) is 0 Å². The summed E-state index contributed by atoms with van der Waals surface area (Å²) in [6.07, 6.45) is 16.7. The molecule has 1 N–H and O–H groups in total. The molecule has 9 atom stereocenters. The standard InChI is InChI=1S/C19H38O2Si.C19H36O2Si.3CH4/c2*1-6-7-13-22(4,5)21-14-15(2)16-10-11-17-18(20)9-8-12-19(16,17)3;;;/h15-18,20H,6-14H2,1-5H3;15-17H,6-14H2,1-5H3;3*1H4/t15-,16-,17?,18?,19-;15-,16-,17?,19-;;;/m11.../s1. The first kappa shape index (κ1) is 47.0. The van der Waals surface area contributed by atoms with Crippen LogP contribution in [0.1, 0.15) is 154 Å². The number of hydrogen-bond donors (Lipinski definition) is 1. The van der Waals surface area contributed by atoms with Gasteiger partial charge in [-0.3, -0.25) is 4.79 Å². The molecule has 0 heterocycles.